The molecule has 2 amide bonds. The Morgan fingerprint density at radius 3 is 2.81 bits per heavy atom. The Morgan fingerprint density at radius 2 is 2.00 bits per heavy atom. The topological polar surface area (TPSA) is 103 Å². The van der Waals surface area contributed by atoms with E-state index in [0.717, 1.165) is 18.4 Å². The Labute approximate surface area is 149 Å². The van der Waals surface area contributed by atoms with Crippen LogP contribution in [0.15, 0.2) is 22.6 Å². The summed E-state index contributed by atoms with van der Waals surface area (Å²) < 4.78 is 16.3. The number of oxazole rings is 1. The molecular formula is C18H19N3O5. The van der Waals surface area contributed by atoms with E-state index in [4.69, 9.17) is 13.9 Å². The predicted molar refractivity (Wildman–Crippen MR) is 90.7 cm³/mol. The van der Waals surface area contributed by atoms with Crippen molar-refractivity contribution >= 4 is 11.8 Å². The van der Waals surface area contributed by atoms with Crippen LogP contribution in [0.1, 0.15) is 24.3 Å². The van der Waals surface area contributed by atoms with Gasteiger partial charge in [0.2, 0.25) is 24.5 Å². The number of aromatic nitrogens is 1. The smallest absolute Gasteiger partial charge is 0.239 e. The van der Waals surface area contributed by atoms with Crippen molar-refractivity contribution in [2.45, 2.75) is 32.2 Å². The summed E-state index contributed by atoms with van der Waals surface area (Å²) in [5.41, 5.74) is 1.28. The van der Waals surface area contributed by atoms with Gasteiger partial charge in [0.15, 0.2) is 11.5 Å². The van der Waals surface area contributed by atoms with Gasteiger partial charge in [-0.25, -0.2) is 4.98 Å². The van der Waals surface area contributed by atoms with Crippen LogP contribution in [0.2, 0.25) is 0 Å². The van der Waals surface area contributed by atoms with Gasteiger partial charge in [0, 0.05) is 11.6 Å². The maximum absolute atomic E-state index is 12.1. The van der Waals surface area contributed by atoms with Crippen LogP contribution in [0.3, 0.4) is 0 Å². The summed E-state index contributed by atoms with van der Waals surface area (Å²) in [4.78, 5) is 28.1. The summed E-state index contributed by atoms with van der Waals surface area (Å²) in [6, 6.07) is 5.69. The Hall–Kier alpha value is -3.03. The zero-order valence-corrected chi connectivity index (χ0v) is 14.3. The lowest BCUT2D eigenvalue weighted by Gasteiger charge is -2.05. The first-order valence-corrected chi connectivity index (χ1v) is 8.51. The van der Waals surface area contributed by atoms with Crippen LogP contribution in [0.4, 0.5) is 0 Å². The minimum Gasteiger partial charge on any atom is -0.454 e. The summed E-state index contributed by atoms with van der Waals surface area (Å²) in [6.07, 6.45) is 2.08. The number of fused-ring (bicyclic) bond motifs is 1. The normalized spacial score (nSPS) is 15.0. The highest BCUT2D eigenvalue weighted by atomic mass is 16.7. The molecule has 1 aliphatic heterocycles. The van der Waals surface area contributed by atoms with E-state index in [-0.39, 0.29) is 37.6 Å². The molecule has 1 aliphatic carbocycles. The molecule has 1 fully saturated rings. The van der Waals surface area contributed by atoms with Crippen molar-refractivity contribution in [1.82, 2.24) is 15.6 Å². The van der Waals surface area contributed by atoms with Crippen LogP contribution < -0.4 is 20.1 Å². The average Bonchev–Trinajstić information content (AvgIpc) is 3.17. The number of nitrogens with zero attached hydrogens (tertiary/aromatic N) is 1. The zero-order chi connectivity index (χ0) is 18.1. The monoisotopic (exact) mass is 357 g/mol. The highest BCUT2D eigenvalue weighted by Crippen LogP contribution is 2.36. The Balaban J connectivity index is 1.38. The van der Waals surface area contributed by atoms with Crippen LogP contribution >= 0.6 is 0 Å². The first-order valence-electron chi connectivity index (χ1n) is 8.51. The average molecular weight is 357 g/mol. The van der Waals surface area contributed by atoms with Gasteiger partial charge in [0.05, 0.1) is 18.7 Å². The third-order valence-corrected chi connectivity index (χ3v) is 4.23. The lowest BCUT2D eigenvalue weighted by Crippen LogP contribution is -2.38. The maximum Gasteiger partial charge on any atom is 0.239 e. The molecule has 0 atom stereocenters. The van der Waals surface area contributed by atoms with Crippen molar-refractivity contribution < 1.29 is 23.5 Å². The fourth-order valence-corrected chi connectivity index (χ4v) is 2.64. The number of benzene rings is 1. The van der Waals surface area contributed by atoms with Gasteiger partial charge in [-0.2, -0.15) is 0 Å². The second-order valence-corrected chi connectivity index (χ2v) is 6.39. The van der Waals surface area contributed by atoms with Crippen LogP contribution in [-0.4, -0.2) is 36.2 Å². The van der Waals surface area contributed by atoms with Gasteiger partial charge in [0.25, 0.3) is 0 Å². The second kappa shape index (κ2) is 6.70. The number of rotatable bonds is 6. The van der Waals surface area contributed by atoms with Crippen molar-refractivity contribution in [3.63, 3.8) is 0 Å². The quantitative estimate of drug-likeness (QED) is 0.808. The molecule has 1 saturated carbocycles. The van der Waals surface area contributed by atoms with E-state index in [0.29, 0.717) is 28.8 Å². The number of amides is 2. The van der Waals surface area contributed by atoms with Gasteiger partial charge < -0.3 is 24.5 Å². The van der Waals surface area contributed by atoms with Gasteiger partial charge in [-0.3, -0.25) is 9.59 Å². The van der Waals surface area contributed by atoms with Crippen molar-refractivity contribution in [2.24, 2.45) is 0 Å². The number of hydrogen-bond acceptors (Lipinski definition) is 6. The molecule has 0 saturated heterocycles. The van der Waals surface area contributed by atoms with Crippen LogP contribution in [0.5, 0.6) is 11.5 Å². The molecule has 136 valence electrons. The van der Waals surface area contributed by atoms with E-state index in [1.807, 2.05) is 6.07 Å². The van der Waals surface area contributed by atoms with E-state index in [1.165, 1.54) is 0 Å². The van der Waals surface area contributed by atoms with Crippen LogP contribution in [0.25, 0.3) is 11.5 Å². The Morgan fingerprint density at radius 1 is 1.19 bits per heavy atom. The summed E-state index contributed by atoms with van der Waals surface area (Å²) in [7, 11) is 0. The van der Waals surface area contributed by atoms with Crippen LogP contribution in [0, 0.1) is 6.92 Å². The number of hydrogen-bond donors (Lipinski definition) is 2. The standard InChI is InChI=1S/C18H19N3O5/c1-10-13(7-16(22)19-8-17(23)20-12-3-4-12)21-18(26-10)11-2-5-14-15(6-11)25-9-24-14/h2,5-6,12H,3-4,7-9H2,1H3,(H,19,22)(H,20,23). The molecule has 0 spiro atoms. The van der Waals surface area contributed by atoms with Crippen molar-refractivity contribution in [3.05, 3.63) is 29.7 Å². The van der Waals surface area contributed by atoms with Crippen LogP contribution in [-0.2, 0) is 16.0 Å². The SMILES string of the molecule is Cc1oc(-c2ccc3c(c2)OCO3)nc1CC(=O)NCC(=O)NC1CC1. The summed E-state index contributed by atoms with van der Waals surface area (Å²) in [5.74, 6) is 1.86. The largest absolute Gasteiger partial charge is 0.454 e. The van der Waals surface area contributed by atoms with Crippen molar-refractivity contribution in [2.75, 3.05) is 13.3 Å². The molecule has 1 aromatic heterocycles. The first-order chi connectivity index (χ1) is 12.6. The minimum absolute atomic E-state index is 0.0265. The minimum atomic E-state index is -0.274. The zero-order valence-electron chi connectivity index (χ0n) is 14.3. The highest BCUT2D eigenvalue weighted by molar-refractivity contribution is 5.85. The predicted octanol–water partition coefficient (Wildman–Crippen LogP) is 1.32. The molecule has 0 bridgehead atoms. The van der Waals surface area contributed by atoms with Gasteiger partial charge >= 0.3 is 0 Å². The second-order valence-electron chi connectivity index (χ2n) is 6.39. The van der Waals surface area contributed by atoms with Gasteiger partial charge in [-0.1, -0.05) is 0 Å². The van der Waals surface area contributed by atoms with E-state index >= 15 is 0 Å². The first kappa shape index (κ1) is 16.4. The molecule has 0 unspecified atom stereocenters. The van der Waals surface area contributed by atoms with Gasteiger partial charge in [0.1, 0.15) is 5.76 Å². The molecule has 2 aliphatic rings. The van der Waals surface area contributed by atoms with E-state index < -0.39 is 0 Å². The fraction of sp³-hybridized carbons (Fsp3) is 0.389. The molecule has 8 nitrogen and oxygen atoms in total. The number of nitrogens with one attached hydrogen (secondary N) is 2. The lowest BCUT2D eigenvalue weighted by molar-refractivity contribution is -0.125. The third-order valence-electron chi connectivity index (χ3n) is 4.23. The van der Waals surface area contributed by atoms with Gasteiger partial charge in [-0.05, 0) is 38.0 Å². The number of ether oxygens (including phenoxy) is 2. The third kappa shape index (κ3) is 3.63. The van der Waals surface area contributed by atoms with E-state index in [2.05, 4.69) is 15.6 Å². The van der Waals surface area contributed by atoms with Crippen molar-refractivity contribution in [1.29, 1.82) is 0 Å². The molecule has 26 heavy (non-hydrogen) atoms. The maximum atomic E-state index is 12.1. The summed E-state index contributed by atoms with van der Waals surface area (Å²) >= 11 is 0. The molecule has 0 radical (unpaired) electrons. The molecule has 8 heteroatoms. The van der Waals surface area contributed by atoms with Gasteiger partial charge in [-0.15, -0.1) is 0 Å². The Bertz CT molecular complexity index is 857. The highest BCUT2D eigenvalue weighted by Gasteiger charge is 2.23. The molecule has 1 aromatic carbocycles. The molecular weight excluding hydrogens is 338 g/mol. The fourth-order valence-electron chi connectivity index (χ4n) is 2.64. The molecule has 2 heterocycles. The molecule has 2 aromatic rings. The summed E-state index contributed by atoms with van der Waals surface area (Å²) in [5, 5.41) is 5.43. The lowest BCUT2D eigenvalue weighted by atomic mass is 10.2. The number of carbonyl (C=O) groups is 2. The number of aryl methyl sites for hydroxylation is 1. The van der Waals surface area contributed by atoms with Crippen molar-refractivity contribution in [3.8, 4) is 23.0 Å². The summed E-state index contributed by atoms with van der Waals surface area (Å²) in [6.45, 7) is 1.93. The molecule has 4 rings (SSSR count). The molecule has 2 N–H and O–H groups in total. The van der Waals surface area contributed by atoms with E-state index in [1.54, 1.807) is 19.1 Å². The number of carbonyl (C=O) groups excluding carboxylic acids is 2. The van der Waals surface area contributed by atoms with E-state index in [9.17, 15) is 9.59 Å². The Kier molecular flexibility index (Phi) is 4.24.